The summed E-state index contributed by atoms with van der Waals surface area (Å²) in [6.45, 7) is 4.11. The van der Waals surface area contributed by atoms with Crippen molar-refractivity contribution >= 4 is 17.2 Å². The second kappa shape index (κ2) is 8.21. The van der Waals surface area contributed by atoms with Gasteiger partial charge in [-0.15, -0.1) is 0 Å². The summed E-state index contributed by atoms with van der Waals surface area (Å²) in [4.78, 5) is 29.0. The molecule has 0 spiro atoms. The number of benzene rings is 2. The number of aromatic nitrogens is 2. The molecular weight excluding hydrogens is 378 g/mol. The summed E-state index contributed by atoms with van der Waals surface area (Å²) in [7, 11) is 0. The molecule has 150 valence electrons. The van der Waals surface area contributed by atoms with E-state index in [4.69, 9.17) is 4.74 Å². The van der Waals surface area contributed by atoms with Crippen LogP contribution in [0.1, 0.15) is 27.2 Å². The lowest BCUT2D eigenvalue weighted by atomic mass is 10.1. The Hall–Kier alpha value is -3.93. The summed E-state index contributed by atoms with van der Waals surface area (Å²) < 4.78 is 7.26. The second-order valence-electron chi connectivity index (χ2n) is 7.15. The molecule has 2 heterocycles. The quantitative estimate of drug-likeness (QED) is 0.547. The van der Waals surface area contributed by atoms with Crippen LogP contribution in [0.4, 0.5) is 5.69 Å². The van der Waals surface area contributed by atoms with Crippen LogP contribution in [0.25, 0.3) is 5.65 Å². The highest BCUT2D eigenvalue weighted by molar-refractivity contribution is 6.04. The molecule has 0 bridgehead atoms. The van der Waals surface area contributed by atoms with Crippen LogP contribution in [0, 0.1) is 13.8 Å². The number of aryl methyl sites for hydroxylation is 2. The van der Waals surface area contributed by atoms with E-state index in [1.165, 1.54) is 10.5 Å². The Morgan fingerprint density at radius 1 is 0.967 bits per heavy atom. The van der Waals surface area contributed by atoms with Crippen molar-refractivity contribution in [3.05, 3.63) is 106 Å². The number of amides is 1. The smallest absolute Gasteiger partial charge is 0.258 e. The maximum Gasteiger partial charge on any atom is 0.258 e. The minimum Gasteiger partial charge on any atom is -0.487 e. The minimum absolute atomic E-state index is 0.146. The number of ether oxygens (including phenoxy) is 1. The molecule has 0 aliphatic heterocycles. The molecule has 0 aliphatic rings. The summed E-state index contributed by atoms with van der Waals surface area (Å²) in [6, 6.07) is 19.7. The maximum atomic E-state index is 12.3. The monoisotopic (exact) mass is 399 g/mol. The van der Waals surface area contributed by atoms with Crippen molar-refractivity contribution < 1.29 is 9.53 Å². The Balaban J connectivity index is 1.41. The average Bonchev–Trinajstić information content (AvgIpc) is 2.73. The van der Waals surface area contributed by atoms with Gasteiger partial charge in [-0.1, -0.05) is 17.7 Å². The first-order chi connectivity index (χ1) is 14.5. The Morgan fingerprint density at radius 3 is 2.43 bits per heavy atom. The molecule has 2 aromatic heterocycles. The molecule has 0 fully saturated rings. The fourth-order valence-electron chi connectivity index (χ4n) is 3.03. The van der Waals surface area contributed by atoms with Crippen molar-refractivity contribution in [3.8, 4) is 5.75 Å². The van der Waals surface area contributed by atoms with Crippen molar-refractivity contribution in [1.82, 2.24) is 9.38 Å². The summed E-state index contributed by atoms with van der Waals surface area (Å²) in [5, 5.41) is 2.86. The zero-order chi connectivity index (χ0) is 21.1. The highest BCUT2D eigenvalue weighted by Crippen LogP contribution is 2.18. The van der Waals surface area contributed by atoms with Crippen LogP contribution in [0.3, 0.4) is 0 Å². The van der Waals surface area contributed by atoms with E-state index in [1.807, 2.05) is 38.1 Å². The van der Waals surface area contributed by atoms with E-state index in [1.54, 1.807) is 42.6 Å². The summed E-state index contributed by atoms with van der Waals surface area (Å²) in [6.07, 6.45) is 1.72. The third-order valence-corrected chi connectivity index (χ3v) is 4.69. The van der Waals surface area contributed by atoms with Crippen LogP contribution in [-0.2, 0) is 6.61 Å². The summed E-state index contributed by atoms with van der Waals surface area (Å²) >= 11 is 0. The molecule has 6 nitrogen and oxygen atoms in total. The first-order valence-corrected chi connectivity index (χ1v) is 9.58. The van der Waals surface area contributed by atoms with E-state index in [0.717, 1.165) is 11.1 Å². The predicted octanol–water partition coefficient (Wildman–Crippen LogP) is 4.14. The number of fused-ring (bicyclic) bond motifs is 1. The first-order valence-electron chi connectivity index (χ1n) is 9.58. The number of nitrogens with zero attached hydrogens (tertiary/aromatic N) is 2. The molecule has 0 saturated heterocycles. The molecule has 0 atom stereocenters. The third-order valence-electron chi connectivity index (χ3n) is 4.69. The SMILES string of the molecule is Cc1ccc(C(=O)Nc2ccc(OCc3cc(=O)n4ccc(C)cc4n3)cc2)cc1. The van der Waals surface area contributed by atoms with E-state index in [-0.39, 0.29) is 18.1 Å². The lowest BCUT2D eigenvalue weighted by molar-refractivity contribution is 0.102. The topological polar surface area (TPSA) is 72.7 Å². The largest absolute Gasteiger partial charge is 0.487 e. The van der Waals surface area contributed by atoms with Gasteiger partial charge in [0.2, 0.25) is 0 Å². The average molecular weight is 399 g/mol. The molecule has 2 aromatic carbocycles. The number of nitrogens with one attached hydrogen (secondary N) is 1. The highest BCUT2D eigenvalue weighted by atomic mass is 16.5. The lowest BCUT2D eigenvalue weighted by Crippen LogP contribution is -2.16. The number of carbonyl (C=O) groups excluding carboxylic acids is 1. The van der Waals surface area contributed by atoms with E-state index in [2.05, 4.69) is 10.3 Å². The highest BCUT2D eigenvalue weighted by Gasteiger charge is 2.07. The van der Waals surface area contributed by atoms with Gasteiger partial charge < -0.3 is 10.1 Å². The van der Waals surface area contributed by atoms with Gasteiger partial charge in [-0.05, 0) is 67.9 Å². The normalized spacial score (nSPS) is 10.7. The Bertz CT molecular complexity index is 1260. The van der Waals surface area contributed by atoms with Gasteiger partial charge in [0.1, 0.15) is 18.0 Å². The molecule has 1 N–H and O–H groups in total. The molecule has 0 radical (unpaired) electrons. The van der Waals surface area contributed by atoms with Gasteiger partial charge in [0.25, 0.3) is 11.5 Å². The van der Waals surface area contributed by atoms with Crippen molar-refractivity contribution in [2.24, 2.45) is 0 Å². The molecule has 6 heteroatoms. The third kappa shape index (κ3) is 4.38. The predicted molar refractivity (Wildman–Crippen MR) is 116 cm³/mol. The van der Waals surface area contributed by atoms with Gasteiger partial charge in [0.15, 0.2) is 0 Å². The van der Waals surface area contributed by atoms with Crippen LogP contribution in [0.5, 0.6) is 5.75 Å². The fourth-order valence-corrected chi connectivity index (χ4v) is 3.03. The Morgan fingerprint density at radius 2 is 1.70 bits per heavy atom. The van der Waals surface area contributed by atoms with Gasteiger partial charge in [-0.2, -0.15) is 0 Å². The van der Waals surface area contributed by atoms with Crippen molar-refractivity contribution in [2.75, 3.05) is 5.32 Å². The maximum absolute atomic E-state index is 12.3. The van der Waals surface area contributed by atoms with Crippen LogP contribution in [-0.4, -0.2) is 15.3 Å². The Labute approximate surface area is 173 Å². The number of carbonyl (C=O) groups is 1. The number of pyridine rings is 1. The standard InChI is InChI=1S/C24H21N3O3/c1-16-3-5-18(6-4-16)24(29)26-19-7-9-21(10-8-19)30-15-20-14-23(28)27-12-11-17(2)13-22(27)25-20/h3-14H,15H2,1-2H3,(H,26,29). The van der Waals surface area contributed by atoms with Crippen LogP contribution < -0.4 is 15.6 Å². The molecule has 0 saturated carbocycles. The van der Waals surface area contributed by atoms with Gasteiger partial charge in [0.05, 0.1) is 5.69 Å². The van der Waals surface area contributed by atoms with Crippen molar-refractivity contribution in [1.29, 1.82) is 0 Å². The number of anilines is 1. The van der Waals surface area contributed by atoms with E-state index in [0.29, 0.717) is 28.3 Å². The summed E-state index contributed by atoms with van der Waals surface area (Å²) in [5.74, 6) is 0.453. The van der Waals surface area contributed by atoms with E-state index >= 15 is 0 Å². The van der Waals surface area contributed by atoms with Crippen molar-refractivity contribution in [2.45, 2.75) is 20.5 Å². The number of hydrogen-bond donors (Lipinski definition) is 1. The first kappa shape index (κ1) is 19.4. The van der Waals surface area contributed by atoms with Crippen LogP contribution >= 0.6 is 0 Å². The zero-order valence-electron chi connectivity index (χ0n) is 16.8. The molecule has 0 aliphatic carbocycles. The van der Waals surface area contributed by atoms with E-state index in [9.17, 15) is 9.59 Å². The summed E-state index contributed by atoms with van der Waals surface area (Å²) in [5.41, 5.74) is 4.41. The van der Waals surface area contributed by atoms with E-state index < -0.39 is 0 Å². The fraction of sp³-hybridized carbons (Fsp3) is 0.125. The minimum atomic E-state index is -0.167. The molecule has 30 heavy (non-hydrogen) atoms. The zero-order valence-corrected chi connectivity index (χ0v) is 16.8. The lowest BCUT2D eigenvalue weighted by Gasteiger charge is -2.09. The van der Waals surface area contributed by atoms with Crippen molar-refractivity contribution in [3.63, 3.8) is 0 Å². The number of rotatable bonds is 5. The molecule has 4 rings (SSSR count). The van der Waals surface area contributed by atoms with Gasteiger partial charge in [0, 0.05) is 23.5 Å². The Kier molecular flexibility index (Phi) is 5.30. The molecule has 0 unspecified atom stereocenters. The van der Waals surface area contributed by atoms with Gasteiger partial charge >= 0.3 is 0 Å². The van der Waals surface area contributed by atoms with Crippen LogP contribution in [0.2, 0.25) is 0 Å². The van der Waals surface area contributed by atoms with Crippen LogP contribution in [0.15, 0.2) is 77.7 Å². The second-order valence-corrected chi connectivity index (χ2v) is 7.15. The number of hydrogen-bond acceptors (Lipinski definition) is 4. The molecule has 4 aromatic rings. The molecule has 1 amide bonds. The molecular formula is C24H21N3O3. The van der Waals surface area contributed by atoms with Gasteiger partial charge in [-0.25, -0.2) is 4.98 Å². The van der Waals surface area contributed by atoms with Gasteiger partial charge in [-0.3, -0.25) is 14.0 Å².